The van der Waals surface area contributed by atoms with E-state index in [-0.39, 0.29) is 17.9 Å². The van der Waals surface area contributed by atoms with Crippen molar-refractivity contribution in [3.05, 3.63) is 18.0 Å². The highest BCUT2D eigenvalue weighted by atomic mass is 16.3. The minimum Gasteiger partial charge on any atom is -0.388 e. The third kappa shape index (κ3) is 5.29. The van der Waals surface area contributed by atoms with Gasteiger partial charge >= 0.3 is 0 Å². The molecule has 2 aliphatic heterocycles. The molecule has 8 nitrogen and oxygen atoms in total. The van der Waals surface area contributed by atoms with Gasteiger partial charge in [-0.25, -0.2) is 0 Å². The van der Waals surface area contributed by atoms with Crippen LogP contribution in [0.4, 0.5) is 0 Å². The number of carbonyl (C=O) groups is 2. The van der Waals surface area contributed by atoms with Crippen molar-refractivity contribution in [3.8, 4) is 0 Å². The summed E-state index contributed by atoms with van der Waals surface area (Å²) in [7, 11) is 1.80. The van der Waals surface area contributed by atoms with E-state index in [4.69, 9.17) is 0 Å². The molecule has 0 aliphatic carbocycles. The van der Waals surface area contributed by atoms with E-state index < -0.39 is 5.60 Å². The van der Waals surface area contributed by atoms with Gasteiger partial charge in [-0.2, -0.15) is 5.10 Å². The van der Waals surface area contributed by atoms with E-state index in [2.05, 4.69) is 15.3 Å². The van der Waals surface area contributed by atoms with Crippen LogP contribution in [0, 0.1) is 0 Å². The molecular formula is C19H31N5O3. The lowest BCUT2D eigenvalue weighted by Gasteiger charge is -2.38. The number of piperidine rings is 1. The molecule has 2 fully saturated rings. The SMILES string of the molecule is CC(=O)NC1CCN(C[C@@]2(O)CCCN(C(=O)c3cnn(C)c3)CC2)CC1. The number of aromatic nitrogens is 2. The smallest absolute Gasteiger partial charge is 0.257 e. The number of nitrogens with one attached hydrogen (secondary N) is 1. The molecule has 2 saturated heterocycles. The Kier molecular flexibility index (Phi) is 6.16. The number of hydrogen-bond acceptors (Lipinski definition) is 5. The number of rotatable bonds is 4. The number of β-amino-alcohol motifs (C(OH)–C–C–N with tert-alkyl or cyclic N) is 1. The largest absolute Gasteiger partial charge is 0.388 e. The van der Waals surface area contributed by atoms with Crippen LogP contribution in [0.3, 0.4) is 0 Å². The van der Waals surface area contributed by atoms with E-state index in [1.165, 1.54) is 0 Å². The third-order valence-corrected chi connectivity index (χ3v) is 5.67. The lowest BCUT2D eigenvalue weighted by atomic mass is 9.93. The number of likely N-dealkylation sites (tertiary alicyclic amines) is 2. The van der Waals surface area contributed by atoms with Crippen molar-refractivity contribution in [1.82, 2.24) is 24.9 Å². The molecule has 0 unspecified atom stereocenters. The molecule has 150 valence electrons. The molecule has 27 heavy (non-hydrogen) atoms. The molecule has 3 heterocycles. The molecule has 2 N–H and O–H groups in total. The molecule has 0 saturated carbocycles. The van der Waals surface area contributed by atoms with E-state index in [9.17, 15) is 14.7 Å². The predicted octanol–water partition coefficient (Wildman–Crippen LogP) is 0.378. The highest BCUT2D eigenvalue weighted by molar-refractivity contribution is 5.93. The zero-order valence-corrected chi connectivity index (χ0v) is 16.4. The monoisotopic (exact) mass is 377 g/mol. The van der Waals surface area contributed by atoms with Crippen molar-refractivity contribution in [3.63, 3.8) is 0 Å². The van der Waals surface area contributed by atoms with Crippen LogP contribution in [0.15, 0.2) is 12.4 Å². The highest BCUT2D eigenvalue weighted by Crippen LogP contribution is 2.26. The van der Waals surface area contributed by atoms with Gasteiger partial charge in [0.05, 0.1) is 17.4 Å². The quantitative estimate of drug-likeness (QED) is 0.792. The molecule has 2 amide bonds. The zero-order valence-electron chi connectivity index (χ0n) is 16.4. The van der Waals surface area contributed by atoms with Gasteiger partial charge in [-0.1, -0.05) is 0 Å². The molecule has 0 radical (unpaired) electrons. The van der Waals surface area contributed by atoms with Gasteiger partial charge < -0.3 is 20.2 Å². The first kappa shape index (κ1) is 19.8. The maximum absolute atomic E-state index is 12.6. The van der Waals surface area contributed by atoms with E-state index >= 15 is 0 Å². The van der Waals surface area contributed by atoms with Crippen LogP contribution in [0.2, 0.25) is 0 Å². The highest BCUT2D eigenvalue weighted by Gasteiger charge is 2.34. The Bertz CT molecular complexity index is 668. The van der Waals surface area contributed by atoms with Gasteiger partial charge in [0.2, 0.25) is 5.91 Å². The number of nitrogens with zero attached hydrogens (tertiary/aromatic N) is 4. The summed E-state index contributed by atoms with van der Waals surface area (Å²) in [6, 6.07) is 0.245. The summed E-state index contributed by atoms with van der Waals surface area (Å²) in [5, 5.41) is 18.2. The van der Waals surface area contributed by atoms with Gasteiger partial charge in [-0.3, -0.25) is 14.3 Å². The van der Waals surface area contributed by atoms with Crippen molar-refractivity contribution < 1.29 is 14.7 Å². The minimum atomic E-state index is -0.759. The Morgan fingerprint density at radius 3 is 2.63 bits per heavy atom. The van der Waals surface area contributed by atoms with Gasteiger partial charge in [-0.15, -0.1) is 0 Å². The van der Waals surface area contributed by atoms with Crippen molar-refractivity contribution in [1.29, 1.82) is 0 Å². The average molecular weight is 377 g/mol. The van der Waals surface area contributed by atoms with Crippen LogP contribution >= 0.6 is 0 Å². The standard InChI is InChI=1S/C19H31N5O3/c1-15(25)21-17-4-9-23(10-5-17)14-19(27)6-3-8-24(11-7-19)18(26)16-12-20-22(2)13-16/h12-13,17,27H,3-11,14H2,1-2H3,(H,21,25)/t19-/m1/s1. The lowest BCUT2D eigenvalue weighted by Crippen LogP contribution is -2.50. The van der Waals surface area contributed by atoms with Crippen LogP contribution in [-0.4, -0.2) is 80.9 Å². The van der Waals surface area contributed by atoms with Crippen LogP contribution in [0.1, 0.15) is 49.4 Å². The normalized spacial score (nSPS) is 25.2. The van der Waals surface area contributed by atoms with Crippen molar-refractivity contribution in [2.24, 2.45) is 7.05 Å². The van der Waals surface area contributed by atoms with Gasteiger partial charge in [-0.05, 0) is 32.1 Å². The van der Waals surface area contributed by atoms with Crippen molar-refractivity contribution >= 4 is 11.8 Å². The van der Waals surface area contributed by atoms with E-state index in [0.29, 0.717) is 38.0 Å². The van der Waals surface area contributed by atoms with E-state index in [0.717, 1.165) is 32.4 Å². The van der Waals surface area contributed by atoms with Crippen LogP contribution in [-0.2, 0) is 11.8 Å². The van der Waals surface area contributed by atoms with Gasteiger partial charge in [0.1, 0.15) is 0 Å². The number of carbonyl (C=O) groups excluding carboxylic acids is 2. The summed E-state index contributed by atoms with van der Waals surface area (Å²) < 4.78 is 1.63. The third-order valence-electron chi connectivity index (χ3n) is 5.67. The second-order valence-electron chi connectivity index (χ2n) is 8.02. The lowest BCUT2D eigenvalue weighted by molar-refractivity contribution is -0.120. The first-order valence-electron chi connectivity index (χ1n) is 9.84. The van der Waals surface area contributed by atoms with Crippen LogP contribution in [0.25, 0.3) is 0 Å². The first-order valence-corrected chi connectivity index (χ1v) is 9.84. The number of aliphatic hydroxyl groups is 1. The summed E-state index contributed by atoms with van der Waals surface area (Å²) in [4.78, 5) is 27.9. The molecule has 0 aromatic carbocycles. The van der Waals surface area contributed by atoms with Crippen LogP contribution < -0.4 is 5.32 Å². The van der Waals surface area contributed by atoms with Gasteiger partial charge in [0.15, 0.2) is 0 Å². The minimum absolute atomic E-state index is 0.0107. The predicted molar refractivity (Wildman–Crippen MR) is 101 cm³/mol. The second-order valence-corrected chi connectivity index (χ2v) is 8.02. The molecule has 1 aromatic heterocycles. The Morgan fingerprint density at radius 2 is 2.00 bits per heavy atom. The maximum atomic E-state index is 12.6. The maximum Gasteiger partial charge on any atom is 0.257 e. The topological polar surface area (TPSA) is 90.7 Å². The van der Waals surface area contributed by atoms with Crippen molar-refractivity contribution in [2.45, 2.75) is 50.7 Å². The fraction of sp³-hybridized carbons (Fsp3) is 0.737. The molecule has 0 spiro atoms. The number of amides is 2. The molecule has 2 aliphatic rings. The van der Waals surface area contributed by atoms with E-state index in [1.54, 1.807) is 31.0 Å². The molecule has 1 atom stereocenters. The Labute approximate surface area is 160 Å². The summed E-state index contributed by atoms with van der Waals surface area (Å²) in [5.41, 5.74) is -0.159. The summed E-state index contributed by atoms with van der Waals surface area (Å²) in [6.45, 7) is 5.18. The number of aryl methyl sites for hydroxylation is 1. The van der Waals surface area contributed by atoms with Crippen molar-refractivity contribution in [2.75, 3.05) is 32.7 Å². The molecule has 8 heteroatoms. The fourth-order valence-electron chi connectivity index (χ4n) is 4.19. The Balaban J connectivity index is 1.51. The molecule has 3 rings (SSSR count). The van der Waals surface area contributed by atoms with Gasteiger partial charge in [0.25, 0.3) is 5.91 Å². The number of hydrogen-bond donors (Lipinski definition) is 2. The van der Waals surface area contributed by atoms with Crippen LogP contribution in [0.5, 0.6) is 0 Å². The fourth-order valence-corrected chi connectivity index (χ4v) is 4.19. The Hall–Kier alpha value is -1.93. The zero-order chi connectivity index (χ0) is 19.4. The Morgan fingerprint density at radius 1 is 1.26 bits per heavy atom. The summed E-state index contributed by atoms with van der Waals surface area (Å²) in [5.74, 6) is 0.0118. The second kappa shape index (κ2) is 8.39. The first-order chi connectivity index (χ1) is 12.8. The molecule has 1 aromatic rings. The molecule has 0 bridgehead atoms. The van der Waals surface area contributed by atoms with E-state index in [1.807, 2.05) is 4.90 Å². The average Bonchev–Trinajstić information content (AvgIpc) is 2.95. The van der Waals surface area contributed by atoms with Gasteiger partial charge in [0, 0.05) is 58.9 Å². The summed E-state index contributed by atoms with van der Waals surface area (Å²) >= 11 is 0. The summed E-state index contributed by atoms with van der Waals surface area (Å²) in [6.07, 6.45) is 7.25. The molecular weight excluding hydrogens is 346 g/mol.